The Hall–Kier alpha value is -1.00. The van der Waals surface area contributed by atoms with Gasteiger partial charge in [0.25, 0.3) is 0 Å². The van der Waals surface area contributed by atoms with Crippen LogP contribution in [0.5, 0.6) is 0 Å². The first kappa shape index (κ1) is 14.4. The van der Waals surface area contributed by atoms with Crippen LogP contribution in [0.4, 0.5) is 8.78 Å². The highest BCUT2D eigenvalue weighted by Crippen LogP contribution is 2.18. The second-order valence-electron chi connectivity index (χ2n) is 5.61. The quantitative estimate of drug-likeness (QED) is 0.883. The van der Waals surface area contributed by atoms with Crippen molar-refractivity contribution in [1.29, 1.82) is 0 Å². The predicted octanol–water partition coefficient (Wildman–Crippen LogP) is 2.78. The van der Waals surface area contributed by atoms with Gasteiger partial charge in [-0.3, -0.25) is 0 Å². The molecular weight excluding hydrogens is 246 g/mol. The Morgan fingerprint density at radius 2 is 2.16 bits per heavy atom. The summed E-state index contributed by atoms with van der Waals surface area (Å²) in [5, 5.41) is 3.24. The second-order valence-corrected chi connectivity index (χ2v) is 5.61. The lowest BCUT2D eigenvalue weighted by Crippen LogP contribution is -2.30. The van der Waals surface area contributed by atoms with Crippen LogP contribution in [0.1, 0.15) is 25.8 Å². The average Bonchev–Trinajstić information content (AvgIpc) is 2.82. The number of nitrogens with zero attached hydrogens (tertiary/aromatic N) is 1. The first-order valence-electron chi connectivity index (χ1n) is 6.95. The summed E-state index contributed by atoms with van der Waals surface area (Å²) in [6, 6.07) is 4.18. The third-order valence-electron chi connectivity index (χ3n) is 3.80. The van der Waals surface area contributed by atoms with E-state index in [1.807, 2.05) is 0 Å². The molecule has 1 fully saturated rings. The fourth-order valence-electron chi connectivity index (χ4n) is 2.59. The summed E-state index contributed by atoms with van der Waals surface area (Å²) in [5.41, 5.74) is 0.402. The molecule has 1 heterocycles. The largest absolute Gasteiger partial charge is 0.312 e. The molecule has 4 heteroatoms. The van der Waals surface area contributed by atoms with Crippen LogP contribution in [-0.2, 0) is 6.54 Å². The van der Waals surface area contributed by atoms with Gasteiger partial charge in [-0.2, -0.15) is 0 Å². The van der Waals surface area contributed by atoms with E-state index in [1.54, 1.807) is 0 Å². The minimum atomic E-state index is -0.384. The van der Waals surface area contributed by atoms with Crippen LogP contribution in [0.15, 0.2) is 18.2 Å². The van der Waals surface area contributed by atoms with Gasteiger partial charge in [0.1, 0.15) is 11.6 Å². The zero-order chi connectivity index (χ0) is 13.8. The van der Waals surface area contributed by atoms with Crippen molar-refractivity contribution in [3.63, 3.8) is 0 Å². The minimum absolute atomic E-state index is 0.343. The highest BCUT2D eigenvalue weighted by Gasteiger charge is 2.23. The molecule has 0 amide bonds. The summed E-state index contributed by atoms with van der Waals surface area (Å²) in [5.74, 6) is -0.117. The highest BCUT2D eigenvalue weighted by atomic mass is 19.1. The molecule has 0 spiro atoms. The van der Waals surface area contributed by atoms with Crippen LogP contribution in [0, 0.1) is 17.6 Å². The number of halogens is 2. The van der Waals surface area contributed by atoms with Gasteiger partial charge in [0.05, 0.1) is 0 Å². The van der Waals surface area contributed by atoms with Crippen molar-refractivity contribution in [2.24, 2.45) is 5.92 Å². The zero-order valence-corrected chi connectivity index (χ0v) is 11.6. The van der Waals surface area contributed by atoms with Gasteiger partial charge < -0.3 is 10.2 Å². The fraction of sp³-hybridized carbons (Fsp3) is 0.600. The molecule has 2 nitrogen and oxygen atoms in total. The molecule has 0 aliphatic carbocycles. The molecule has 0 saturated carbocycles. The van der Waals surface area contributed by atoms with Gasteiger partial charge >= 0.3 is 0 Å². The molecule has 0 aromatic heterocycles. The molecule has 1 aliphatic heterocycles. The van der Waals surface area contributed by atoms with Crippen molar-refractivity contribution in [2.75, 3.05) is 19.6 Å². The summed E-state index contributed by atoms with van der Waals surface area (Å²) >= 11 is 0. The van der Waals surface area contributed by atoms with E-state index in [2.05, 4.69) is 24.1 Å². The molecule has 1 aliphatic rings. The zero-order valence-electron chi connectivity index (χ0n) is 11.6. The number of hydrogen-bond donors (Lipinski definition) is 1. The van der Waals surface area contributed by atoms with Crippen molar-refractivity contribution in [3.8, 4) is 0 Å². The maximum atomic E-state index is 13.4. The molecule has 106 valence electrons. The van der Waals surface area contributed by atoms with Gasteiger partial charge in [-0.25, -0.2) is 8.78 Å². The second kappa shape index (κ2) is 6.44. The first-order valence-corrected chi connectivity index (χ1v) is 6.95. The Morgan fingerprint density at radius 3 is 2.84 bits per heavy atom. The van der Waals surface area contributed by atoms with E-state index in [0.29, 0.717) is 24.1 Å². The molecule has 19 heavy (non-hydrogen) atoms. The van der Waals surface area contributed by atoms with Gasteiger partial charge in [0.2, 0.25) is 0 Å². The van der Waals surface area contributed by atoms with E-state index in [-0.39, 0.29) is 11.6 Å². The minimum Gasteiger partial charge on any atom is -0.312 e. The van der Waals surface area contributed by atoms with E-state index in [4.69, 9.17) is 0 Å². The van der Waals surface area contributed by atoms with Crippen LogP contribution in [0.25, 0.3) is 0 Å². The summed E-state index contributed by atoms with van der Waals surface area (Å²) in [7, 11) is 0. The molecule has 1 atom stereocenters. The van der Waals surface area contributed by atoms with E-state index < -0.39 is 0 Å². The van der Waals surface area contributed by atoms with Gasteiger partial charge in [0.15, 0.2) is 0 Å². The SMILES string of the molecule is CC(C)N1CCC(CNCc2cc(F)ccc2F)C1. The molecule has 0 bridgehead atoms. The monoisotopic (exact) mass is 268 g/mol. The van der Waals surface area contributed by atoms with Crippen molar-refractivity contribution < 1.29 is 8.78 Å². The summed E-state index contributed by atoms with van der Waals surface area (Å²) < 4.78 is 26.4. The highest BCUT2D eigenvalue weighted by molar-refractivity contribution is 5.18. The Bertz CT molecular complexity index is 421. The fourth-order valence-corrected chi connectivity index (χ4v) is 2.59. The normalized spacial score (nSPS) is 20.4. The lowest BCUT2D eigenvalue weighted by atomic mass is 10.1. The summed E-state index contributed by atoms with van der Waals surface area (Å²) in [6.07, 6.45) is 1.18. The Labute approximate surface area is 113 Å². The Morgan fingerprint density at radius 1 is 1.37 bits per heavy atom. The molecule has 2 rings (SSSR count). The molecule has 1 N–H and O–H groups in total. The van der Waals surface area contributed by atoms with Gasteiger partial charge in [-0.1, -0.05) is 0 Å². The smallest absolute Gasteiger partial charge is 0.127 e. The Balaban J connectivity index is 1.77. The van der Waals surface area contributed by atoms with Crippen LogP contribution < -0.4 is 5.32 Å². The number of rotatable bonds is 5. The van der Waals surface area contributed by atoms with Crippen LogP contribution in [0.2, 0.25) is 0 Å². The maximum Gasteiger partial charge on any atom is 0.127 e. The van der Waals surface area contributed by atoms with E-state index in [0.717, 1.165) is 25.7 Å². The van der Waals surface area contributed by atoms with Crippen molar-refractivity contribution >= 4 is 0 Å². The van der Waals surface area contributed by atoms with Crippen LogP contribution in [0.3, 0.4) is 0 Å². The van der Waals surface area contributed by atoms with E-state index >= 15 is 0 Å². The predicted molar refractivity (Wildman–Crippen MR) is 72.9 cm³/mol. The molecule has 1 aromatic rings. The lowest BCUT2D eigenvalue weighted by Gasteiger charge is -2.20. The van der Waals surface area contributed by atoms with Gasteiger partial charge in [-0.05, 0) is 57.5 Å². The number of benzene rings is 1. The molecule has 0 radical (unpaired) electrons. The van der Waals surface area contributed by atoms with Crippen molar-refractivity contribution in [2.45, 2.75) is 32.9 Å². The molecular formula is C15H22F2N2. The number of likely N-dealkylation sites (tertiary alicyclic amines) is 1. The summed E-state index contributed by atoms with van der Waals surface area (Å²) in [4.78, 5) is 2.45. The standard InChI is InChI=1S/C15H22F2N2/c1-11(2)19-6-5-12(10-19)8-18-9-13-7-14(16)3-4-15(13)17/h3-4,7,11-12,18H,5-6,8-10H2,1-2H3. The van der Waals surface area contributed by atoms with E-state index in [1.165, 1.54) is 18.6 Å². The van der Waals surface area contributed by atoms with Gasteiger partial charge in [0, 0.05) is 24.7 Å². The third-order valence-corrected chi connectivity index (χ3v) is 3.80. The number of nitrogens with one attached hydrogen (secondary N) is 1. The van der Waals surface area contributed by atoms with Crippen LogP contribution in [-0.4, -0.2) is 30.6 Å². The Kier molecular flexibility index (Phi) is 4.88. The van der Waals surface area contributed by atoms with Crippen molar-refractivity contribution in [1.82, 2.24) is 10.2 Å². The topological polar surface area (TPSA) is 15.3 Å². The number of hydrogen-bond acceptors (Lipinski definition) is 2. The molecule has 1 unspecified atom stereocenters. The van der Waals surface area contributed by atoms with Crippen molar-refractivity contribution in [3.05, 3.63) is 35.4 Å². The molecule has 1 saturated heterocycles. The lowest BCUT2D eigenvalue weighted by molar-refractivity contribution is 0.264. The summed E-state index contributed by atoms with van der Waals surface area (Å²) in [6.45, 7) is 7.89. The van der Waals surface area contributed by atoms with Crippen LogP contribution >= 0.6 is 0 Å². The van der Waals surface area contributed by atoms with Gasteiger partial charge in [-0.15, -0.1) is 0 Å². The first-order chi connectivity index (χ1) is 9.06. The van der Waals surface area contributed by atoms with E-state index in [9.17, 15) is 8.78 Å². The average molecular weight is 268 g/mol. The molecule has 1 aromatic carbocycles. The third kappa shape index (κ3) is 3.98. The maximum absolute atomic E-state index is 13.4.